The van der Waals surface area contributed by atoms with E-state index in [1.807, 2.05) is 0 Å². The van der Waals surface area contributed by atoms with Crippen LogP contribution in [0.4, 0.5) is 0 Å². The first-order valence-corrected chi connectivity index (χ1v) is 7.60. The Morgan fingerprint density at radius 3 is 1.94 bits per heavy atom. The van der Waals surface area contributed by atoms with Gasteiger partial charge in [-0.2, -0.15) is 0 Å². The molecule has 0 atom stereocenters. The first-order valence-electron chi connectivity index (χ1n) is 5.44. The Kier molecular flexibility index (Phi) is 3.64. The van der Waals surface area contributed by atoms with Gasteiger partial charge in [-0.1, -0.05) is 0 Å². The summed E-state index contributed by atoms with van der Waals surface area (Å²) in [5.41, 5.74) is 4.28. The van der Waals surface area contributed by atoms with Crippen molar-refractivity contribution in [2.24, 2.45) is 0 Å². The van der Waals surface area contributed by atoms with Gasteiger partial charge in [-0.15, -0.1) is 0 Å². The molecule has 84 valence electrons. The number of hydrogen-bond acceptors (Lipinski definition) is 0. The third-order valence-corrected chi connectivity index (χ3v) is 6.10. The van der Waals surface area contributed by atoms with E-state index in [-0.39, 0.29) is 21.2 Å². The van der Waals surface area contributed by atoms with Crippen molar-refractivity contribution in [3.63, 3.8) is 0 Å². The molecule has 0 aliphatic heterocycles. The molecule has 0 amide bonds. The molecular weight excluding hydrogens is 307 g/mol. The molecule has 2 aromatic rings. The molecule has 0 aromatic heterocycles. The molecule has 0 saturated carbocycles. The SMILES string of the molecule is Cc1cc(C)c([I-]c2ccccc2)c(C)c1. The summed E-state index contributed by atoms with van der Waals surface area (Å²) in [5.74, 6) is 0. The molecule has 0 nitrogen and oxygen atoms in total. The summed E-state index contributed by atoms with van der Waals surface area (Å²) < 4.78 is 3.08. The molecule has 0 aliphatic rings. The fraction of sp³-hybridized carbons (Fsp3) is 0.200. The second-order valence-corrected chi connectivity index (χ2v) is 6.97. The Labute approximate surface area is 108 Å². The molecule has 0 unspecified atom stereocenters. The Balaban J connectivity index is 2.35. The zero-order valence-corrected chi connectivity index (χ0v) is 12.1. The zero-order valence-electron chi connectivity index (χ0n) is 9.92. The van der Waals surface area contributed by atoms with Gasteiger partial charge in [-0.3, -0.25) is 0 Å². The van der Waals surface area contributed by atoms with Crippen LogP contribution >= 0.6 is 0 Å². The predicted molar refractivity (Wildman–Crippen MR) is 64.5 cm³/mol. The fourth-order valence-corrected chi connectivity index (χ4v) is 4.46. The van der Waals surface area contributed by atoms with Crippen LogP contribution in [0.25, 0.3) is 0 Å². The summed E-state index contributed by atoms with van der Waals surface area (Å²) in [6.45, 7) is 6.64. The summed E-state index contributed by atoms with van der Waals surface area (Å²) in [6, 6.07) is 15.4. The topological polar surface area (TPSA) is 0 Å². The van der Waals surface area contributed by atoms with Crippen LogP contribution in [0.5, 0.6) is 0 Å². The first-order chi connectivity index (χ1) is 7.66. The van der Waals surface area contributed by atoms with Crippen LogP contribution in [0, 0.1) is 27.9 Å². The van der Waals surface area contributed by atoms with Gasteiger partial charge in [-0.25, -0.2) is 0 Å². The van der Waals surface area contributed by atoms with E-state index in [1.54, 1.807) is 3.57 Å². The number of rotatable bonds is 2. The van der Waals surface area contributed by atoms with Gasteiger partial charge in [0, 0.05) is 0 Å². The maximum absolute atomic E-state index is 2.30. The van der Waals surface area contributed by atoms with E-state index >= 15 is 0 Å². The van der Waals surface area contributed by atoms with Gasteiger partial charge in [-0.05, 0) is 0 Å². The molecule has 0 fully saturated rings. The number of hydrogen-bond donors (Lipinski definition) is 0. The molecule has 0 bridgehead atoms. The Hall–Kier alpha value is -0.830. The quantitative estimate of drug-likeness (QED) is 0.715. The van der Waals surface area contributed by atoms with Crippen molar-refractivity contribution < 1.29 is 21.2 Å². The molecule has 2 rings (SSSR count). The van der Waals surface area contributed by atoms with E-state index in [2.05, 4.69) is 63.2 Å². The molecular formula is C15H16I-. The van der Waals surface area contributed by atoms with Crippen molar-refractivity contribution in [2.45, 2.75) is 20.8 Å². The monoisotopic (exact) mass is 323 g/mol. The van der Waals surface area contributed by atoms with E-state index in [1.165, 1.54) is 20.3 Å². The van der Waals surface area contributed by atoms with E-state index in [0.29, 0.717) is 0 Å². The van der Waals surface area contributed by atoms with Crippen molar-refractivity contribution >= 4 is 0 Å². The standard InChI is InChI=1S/C15H16I/c1-11-9-12(2)15(13(3)10-11)16-14-7-5-4-6-8-14/h4-10H,1-3H3/q-1. The molecule has 16 heavy (non-hydrogen) atoms. The van der Waals surface area contributed by atoms with Crippen LogP contribution in [0.15, 0.2) is 42.5 Å². The van der Waals surface area contributed by atoms with Crippen molar-refractivity contribution in [2.75, 3.05) is 0 Å². The molecule has 2 aromatic carbocycles. The van der Waals surface area contributed by atoms with Gasteiger partial charge in [0.1, 0.15) is 0 Å². The Morgan fingerprint density at radius 1 is 0.812 bits per heavy atom. The molecule has 0 saturated heterocycles. The summed E-state index contributed by atoms with van der Waals surface area (Å²) in [6.07, 6.45) is 0. The first kappa shape index (κ1) is 11.6. The van der Waals surface area contributed by atoms with Gasteiger partial charge < -0.3 is 0 Å². The van der Waals surface area contributed by atoms with E-state index in [0.717, 1.165) is 0 Å². The Bertz CT molecular complexity index is 463. The van der Waals surface area contributed by atoms with Crippen LogP contribution < -0.4 is 21.2 Å². The van der Waals surface area contributed by atoms with Crippen molar-refractivity contribution in [1.82, 2.24) is 0 Å². The average molecular weight is 323 g/mol. The van der Waals surface area contributed by atoms with Gasteiger partial charge in [0.25, 0.3) is 0 Å². The van der Waals surface area contributed by atoms with Crippen molar-refractivity contribution in [3.8, 4) is 0 Å². The molecule has 0 radical (unpaired) electrons. The minimum absolute atomic E-state index is 0.0275. The maximum atomic E-state index is 2.30. The molecule has 0 N–H and O–H groups in total. The van der Waals surface area contributed by atoms with Crippen LogP contribution in [0.3, 0.4) is 0 Å². The average Bonchev–Trinajstić information content (AvgIpc) is 2.25. The molecule has 0 spiro atoms. The second kappa shape index (κ2) is 5.00. The molecule has 0 heterocycles. The fourth-order valence-electron chi connectivity index (χ4n) is 1.90. The summed E-state index contributed by atoms with van der Waals surface area (Å²) >= 11 is -0.0275. The van der Waals surface area contributed by atoms with Crippen molar-refractivity contribution in [3.05, 3.63) is 66.3 Å². The third kappa shape index (κ3) is 2.64. The minimum atomic E-state index is -0.0275. The summed E-state index contributed by atoms with van der Waals surface area (Å²) in [7, 11) is 0. The number of aryl methyl sites for hydroxylation is 3. The van der Waals surface area contributed by atoms with Crippen molar-refractivity contribution in [1.29, 1.82) is 0 Å². The second-order valence-electron chi connectivity index (χ2n) is 4.10. The van der Waals surface area contributed by atoms with E-state index in [9.17, 15) is 0 Å². The van der Waals surface area contributed by atoms with Crippen LogP contribution in [-0.2, 0) is 0 Å². The molecule has 1 heteroatoms. The summed E-state index contributed by atoms with van der Waals surface area (Å²) in [4.78, 5) is 0. The Morgan fingerprint density at radius 2 is 1.38 bits per heavy atom. The van der Waals surface area contributed by atoms with Gasteiger partial charge in [0.15, 0.2) is 0 Å². The number of benzene rings is 2. The van der Waals surface area contributed by atoms with Crippen LogP contribution in [0.2, 0.25) is 0 Å². The molecule has 0 aliphatic carbocycles. The number of halogens is 1. The van der Waals surface area contributed by atoms with Crippen LogP contribution in [0.1, 0.15) is 16.7 Å². The summed E-state index contributed by atoms with van der Waals surface area (Å²) in [5, 5.41) is 0. The van der Waals surface area contributed by atoms with Gasteiger partial charge in [0.05, 0.1) is 0 Å². The predicted octanol–water partition coefficient (Wildman–Crippen LogP) is 0.740. The van der Waals surface area contributed by atoms with Crippen LogP contribution in [-0.4, -0.2) is 0 Å². The zero-order chi connectivity index (χ0) is 11.5. The van der Waals surface area contributed by atoms with E-state index < -0.39 is 0 Å². The van der Waals surface area contributed by atoms with Gasteiger partial charge in [0.2, 0.25) is 0 Å². The van der Waals surface area contributed by atoms with Gasteiger partial charge >= 0.3 is 108 Å². The normalized spacial score (nSPS) is 10.7. The third-order valence-electron chi connectivity index (χ3n) is 2.52. The van der Waals surface area contributed by atoms with E-state index in [4.69, 9.17) is 0 Å².